The van der Waals surface area contributed by atoms with E-state index in [0.29, 0.717) is 27.8 Å². The van der Waals surface area contributed by atoms with E-state index in [0.717, 1.165) is 13.0 Å². The van der Waals surface area contributed by atoms with Crippen LogP contribution in [0, 0.1) is 5.92 Å². The summed E-state index contributed by atoms with van der Waals surface area (Å²) >= 11 is 12.0. The first-order chi connectivity index (χ1) is 8.38. The topological polar surface area (TPSA) is 28.2 Å². The summed E-state index contributed by atoms with van der Waals surface area (Å²) in [5, 5.41) is 4.51. The molecule has 1 N–H and O–H groups in total. The normalized spacial score (nSPS) is 13.1. The summed E-state index contributed by atoms with van der Waals surface area (Å²) in [6, 6.07) is 2.03. The van der Waals surface area contributed by atoms with Gasteiger partial charge < -0.3 is 10.2 Å². The van der Waals surface area contributed by atoms with Crippen LogP contribution in [0.4, 0.5) is 5.82 Å². The Bertz CT molecular complexity index is 370. The number of hydrogen-bond acceptors (Lipinski definition) is 3. The highest BCUT2D eigenvalue weighted by Gasteiger charge is 2.14. The minimum absolute atomic E-state index is 0.325. The fraction of sp³-hybridized carbons (Fsp3) is 0.615. The van der Waals surface area contributed by atoms with Crippen LogP contribution in [0.2, 0.25) is 10.0 Å². The van der Waals surface area contributed by atoms with Crippen molar-refractivity contribution >= 4 is 29.0 Å². The fourth-order valence-electron chi connectivity index (χ4n) is 1.90. The molecule has 0 aliphatic rings. The zero-order chi connectivity index (χ0) is 13.7. The Balaban J connectivity index is 2.75. The van der Waals surface area contributed by atoms with Gasteiger partial charge in [-0.15, -0.1) is 0 Å². The second-order valence-corrected chi connectivity index (χ2v) is 6.06. The van der Waals surface area contributed by atoms with Gasteiger partial charge in [-0.2, -0.15) is 0 Å². The minimum atomic E-state index is 0.325. The first-order valence-corrected chi connectivity index (χ1v) is 6.86. The summed E-state index contributed by atoms with van der Waals surface area (Å²) in [5.74, 6) is 1.32. The zero-order valence-corrected chi connectivity index (χ0v) is 12.9. The van der Waals surface area contributed by atoms with Gasteiger partial charge in [-0.1, -0.05) is 37.0 Å². The molecule has 102 valence electrons. The zero-order valence-electron chi connectivity index (χ0n) is 11.4. The maximum Gasteiger partial charge on any atom is 0.145 e. The van der Waals surface area contributed by atoms with Gasteiger partial charge in [0.25, 0.3) is 0 Å². The SMILES string of the molecule is CC(C)CC(CN(C)C)Nc1ncc(Cl)cc1Cl. The second kappa shape index (κ2) is 7.17. The molecule has 1 rings (SSSR count). The number of likely N-dealkylation sites (N-methyl/N-ethyl adjacent to an activating group) is 1. The van der Waals surface area contributed by atoms with E-state index in [1.54, 1.807) is 12.3 Å². The molecule has 1 atom stereocenters. The van der Waals surface area contributed by atoms with Crippen molar-refractivity contribution in [2.45, 2.75) is 26.3 Å². The van der Waals surface area contributed by atoms with E-state index < -0.39 is 0 Å². The molecule has 0 amide bonds. The van der Waals surface area contributed by atoms with Gasteiger partial charge in [0.1, 0.15) is 5.82 Å². The Hall–Kier alpha value is -0.510. The number of aromatic nitrogens is 1. The van der Waals surface area contributed by atoms with Crippen molar-refractivity contribution in [3.05, 3.63) is 22.3 Å². The third-order valence-corrected chi connectivity index (χ3v) is 2.98. The summed E-state index contributed by atoms with van der Waals surface area (Å²) in [6.07, 6.45) is 2.68. The van der Waals surface area contributed by atoms with Gasteiger partial charge >= 0.3 is 0 Å². The average Bonchev–Trinajstić information content (AvgIpc) is 2.20. The fourth-order valence-corrected chi connectivity index (χ4v) is 2.34. The lowest BCUT2D eigenvalue weighted by molar-refractivity contribution is 0.356. The van der Waals surface area contributed by atoms with Gasteiger partial charge in [0.15, 0.2) is 0 Å². The molecule has 0 aliphatic carbocycles. The maximum atomic E-state index is 6.12. The number of nitrogens with zero attached hydrogens (tertiary/aromatic N) is 2. The predicted molar refractivity (Wildman–Crippen MR) is 79.7 cm³/mol. The molecule has 1 heterocycles. The van der Waals surface area contributed by atoms with Gasteiger partial charge in [0.2, 0.25) is 0 Å². The summed E-state index contributed by atoms with van der Waals surface area (Å²) in [5.41, 5.74) is 0. The predicted octanol–water partition coefficient (Wildman–Crippen LogP) is 3.78. The van der Waals surface area contributed by atoms with Gasteiger partial charge in [-0.25, -0.2) is 4.98 Å². The molecule has 0 aromatic carbocycles. The molecule has 0 fully saturated rings. The van der Waals surface area contributed by atoms with Crippen LogP contribution in [-0.2, 0) is 0 Å². The first kappa shape index (κ1) is 15.5. The van der Waals surface area contributed by atoms with E-state index in [1.165, 1.54) is 0 Å². The molecule has 1 unspecified atom stereocenters. The van der Waals surface area contributed by atoms with E-state index in [1.807, 2.05) is 0 Å². The van der Waals surface area contributed by atoms with Crippen LogP contribution in [-0.4, -0.2) is 36.6 Å². The molecule has 0 saturated heterocycles. The second-order valence-electron chi connectivity index (χ2n) is 5.22. The highest BCUT2D eigenvalue weighted by atomic mass is 35.5. The molecule has 3 nitrogen and oxygen atoms in total. The van der Waals surface area contributed by atoms with E-state index in [-0.39, 0.29) is 0 Å². The van der Waals surface area contributed by atoms with Crippen LogP contribution in [0.3, 0.4) is 0 Å². The lowest BCUT2D eigenvalue weighted by Crippen LogP contribution is -2.33. The highest BCUT2D eigenvalue weighted by molar-refractivity contribution is 6.35. The van der Waals surface area contributed by atoms with E-state index in [4.69, 9.17) is 23.2 Å². The number of rotatable bonds is 6. The smallest absolute Gasteiger partial charge is 0.145 e. The van der Waals surface area contributed by atoms with Crippen molar-refractivity contribution in [2.24, 2.45) is 5.92 Å². The summed E-state index contributed by atoms with van der Waals surface area (Å²) in [7, 11) is 4.12. The molecule has 1 aromatic heterocycles. The summed E-state index contributed by atoms with van der Waals surface area (Å²) in [6.45, 7) is 5.36. The van der Waals surface area contributed by atoms with Crippen LogP contribution in [0.15, 0.2) is 12.3 Å². The standard InChI is InChI=1S/C13H21Cl2N3/c1-9(2)5-11(8-18(3)4)17-13-12(15)6-10(14)7-16-13/h6-7,9,11H,5,8H2,1-4H3,(H,16,17). The van der Waals surface area contributed by atoms with E-state index in [2.05, 4.69) is 43.1 Å². The Labute approximate surface area is 119 Å². The van der Waals surface area contributed by atoms with Crippen LogP contribution in [0.5, 0.6) is 0 Å². The van der Waals surface area contributed by atoms with Crippen molar-refractivity contribution in [3.63, 3.8) is 0 Å². The van der Waals surface area contributed by atoms with Crippen LogP contribution in [0.25, 0.3) is 0 Å². The van der Waals surface area contributed by atoms with Gasteiger partial charge in [-0.3, -0.25) is 0 Å². The van der Waals surface area contributed by atoms with E-state index >= 15 is 0 Å². The van der Waals surface area contributed by atoms with E-state index in [9.17, 15) is 0 Å². The van der Waals surface area contributed by atoms with Gasteiger partial charge in [0.05, 0.1) is 10.0 Å². The molecular formula is C13H21Cl2N3. The molecule has 18 heavy (non-hydrogen) atoms. The largest absolute Gasteiger partial charge is 0.365 e. The number of anilines is 1. The van der Waals surface area contributed by atoms with Crippen LogP contribution in [0.1, 0.15) is 20.3 Å². The molecule has 0 saturated carbocycles. The third-order valence-electron chi connectivity index (χ3n) is 2.49. The lowest BCUT2D eigenvalue weighted by Gasteiger charge is -2.24. The quantitative estimate of drug-likeness (QED) is 0.864. The number of pyridine rings is 1. The molecule has 1 aromatic rings. The van der Waals surface area contributed by atoms with Crippen molar-refractivity contribution in [1.82, 2.24) is 9.88 Å². The van der Waals surface area contributed by atoms with Gasteiger partial charge in [0, 0.05) is 18.8 Å². The van der Waals surface area contributed by atoms with Crippen molar-refractivity contribution in [1.29, 1.82) is 0 Å². The number of nitrogens with one attached hydrogen (secondary N) is 1. The van der Waals surface area contributed by atoms with Crippen molar-refractivity contribution in [2.75, 3.05) is 26.0 Å². The lowest BCUT2D eigenvalue weighted by atomic mass is 10.0. The molecule has 0 aliphatic heterocycles. The first-order valence-electron chi connectivity index (χ1n) is 6.10. The molecular weight excluding hydrogens is 269 g/mol. The summed E-state index contributed by atoms with van der Waals surface area (Å²) in [4.78, 5) is 6.40. The Kier molecular flexibility index (Phi) is 6.19. The third kappa shape index (κ3) is 5.42. The maximum absolute atomic E-state index is 6.12. The summed E-state index contributed by atoms with van der Waals surface area (Å²) < 4.78 is 0. The van der Waals surface area contributed by atoms with Crippen molar-refractivity contribution in [3.8, 4) is 0 Å². The minimum Gasteiger partial charge on any atom is -0.365 e. The molecule has 0 radical (unpaired) electrons. The monoisotopic (exact) mass is 289 g/mol. The highest BCUT2D eigenvalue weighted by Crippen LogP contribution is 2.24. The molecule has 5 heteroatoms. The van der Waals surface area contributed by atoms with Crippen molar-refractivity contribution < 1.29 is 0 Å². The molecule has 0 spiro atoms. The van der Waals surface area contributed by atoms with Crippen LogP contribution >= 0.6 is 23.2 Å². The average molecular weight is 290 g/mol. The van der Waals surface area contributed by atoms with Gasteiger partial charge in [-0.05, 0) is 32.5 Å². The Morgan fingerprint density at radius 1 is 1.33 bits per heavy atom. The van der Waals surface area contributed by atoms with Crippen LogP contribution < -0.4 is 5.32 Å². The number of halogens is 2. The Morgan fingerprint density at radius 3 is 2.50 bits per heavy atom. The Morgan fingerprint density at radius 2 is 2.00 bits per heavy atom. The molecule has 0 bridgehead atoms. The number of hydrogen-bond donors (Lipinski definition) is 1.